The molecular formula is C10H7FN2O. The zero-order valence-corrected chi connectivity index (χ0v) is 7.20. The molecule has 3 nitrogen and oxygen atoms in total. The molecule has 70 valence electrons. The summed E-state index contributed by atoms with van der Waals surface area (Å²) in [5.74, 6) is -1.01. The summed E-state index contributed by atoms with van der Waals surface area (Å²) >= 11 is 0. The minimum atomic E-state index is -0.609. The van der Waals surface area contributed by atoms with Gasteiger partial charge in [-0.25, -0.2) is 4.39 Å². The lowest BCUT2D eigenvalue weighted by Crippen LogP contribution is -2.11. The first kappa shape index (κ1) is 8.62. The van der Waals surface area contributed by atoms with Gasteiger partial charge in [-0.1, -0.05) is 6.07 Å². The molecule has 0 unspecified atom stereocenters. The Hall–Kier alpha value is -1.97. The van der Waals surface area contributed by atoms with Crippen molar-refractivity contribution >= 4 is 16.8 Å². The molecule has 1 aromatic carbocycles. The molecule has 0 aliphatic heterocycles. The fourth-order valence-electron chi connectivity index (χ4n) is 1.25. The van der Waals surface area contributed by atoms with Gasteiger partial charge < -0.3 is 5.73 Å². The molecule has 0 spiro atoms. The van der Waals surface area contributed by atoms with Crippen LogP contribution in [0.1, 0.15) is 10.4 Å². The van der Waals surface area contributed by atoms with Crippen LogP contribution >= 0.6 is 0 Å². The Bertz CT molecular complexity index is 510. The SMILES string of the molecule is NC(=O)c1cnc2cccc(F)c2c1. The number of primary amides is 1. The highest BCUT2D eigenvalue weighted by Gasteiger charge is 2.05. The lowest BCUT2D eigenvalue weighted by atomic mass is 10.1. The van der Waals surface area contributed by atoms with Gasteiger partial charge in [-0.3, -0.25) is 9.78 Å². The molecule has 1 aromatic heterocycles. The van der Waals surface area contributed by atoms with Crippen LogP contribution < -0.4 is 5.73 Å². The third-order valence-corrected chi connectivity index (χ3v) is 1.96. The molecule has 0 saturated carbocycles. The molecule has 0 aliphatic rings. The number of rotatable bonds is 1. The van der Waals surface area contributed by atoms with E-state index in [1.54, 1.807) is 12.1 Å². The van der Waals surface area contributed by atoms with Crippen LogP contribution in [0.3, 0.4) is 0 Å². The van der Waals surface area contributed by atoms with E-state index in [0.29, 0.717) is 10.9 Å². The van der Waals surface area contributed by atoms with Crippen molar-refractivity contribution in [3.63, 3.8) is 0 Å². The van der Waals surface area contributed by atoms with Crippen LogP contribution in [0.15, 0.2) is 30.5 Å². The molecule has 0 atom stereocenters. The van der Waals surface area contributed by atoms with E-state index in [1.165, 1.54) is 18.3 Å². The van der Waals surface area contributed by atoms with E-state index in [-0.39, 0.29) is 5.56 Å². The second-order valence-electron chi connectivity index (χ2n) is 2.89. The molecule has 2 rings (SSSR count). The maximum absolute atomic E-state index is 13.2. The summed E-state index contributed by atoms with van der Waals surface area (Å²) in [6, 6.07) is 5.95. The number of amides is 1. The van der Waals surface area contributed by atoms with Gasteiger partial charge >= 0.3 is 0 Å². The van der Waals surface area contributed by atoms with Crippen molar-refractivity contribution in [3.05, 3.63) is 41.8 Å². The Morgan fingerprint density at radius 3 is 2.93 bits per heavy atom. The average Bonchev–Trinajstić information content (AvgIpc) is 2.18. The summed E-state index contributed by atoms with van der Waals surface area (Å²) in [5, 5.41) is 0.309. The van der Waals surface area contributed by atoms with Crippen LogP contribution in [-0.2, 0) is 0 Å². The van der Waals surface area contributed by atoms with Gasteiger partial charge in [0, 0.05) is 11.6 Å². The Morgan fingerprint density at radius 1 is 1.43 bits per heavy atom. The predicted octanol–water partition coefficient (Wildman–Crippen LogP) is 1.47. The van der Waals surface area contributed by atoms with Crippen LogP contribution in [0.5, 0.6) is 0 Å². The molecule has 4 heteroatoms. The van der Waals surface area contributed by atoms with E-state index < -0.39 is 11.7 Å². The van der Waals surface area contributed by atoms with Crippen molar-refractivity contribution < 1.29 is 9.18 Å². The number of pyridine rings is 1. The minimum Gasteiger partial charge on any atom is -0.366 e. The summed E-state index contributed by atoms with van der Waals surface area (Å²) in [6.45, 7) is 0. The summed E-state index contributed by atoms with van der Waals surface area (Å²) < 4.78 is 13.2. The first-order chi connectivity index (χ1) is 6.68. The first-order valence-electron chi connectivity index (χ1n) is 4.02. The molecule has 0 fully saturated rings. The molecule has 0 radical (unpaired) electrons. The molecule has 14 heavy (non-hydrogen) atoms. The van der Waals surface area contributed by atoms with E-state index in [1.807, 2.05) is 0 Å². The lowest BCUT2D eigenvalue weighted by molar-refractivity contribution is 0.1000. The number of aromatic nitrogens is 1. The van der Waals surface area contributed by atoms with Gasteiger partial charge in [0.25, 0.3) is 0 Å². The van der Waals surface area contributed by atoms with Gasteiger partial charge in [0.2, 0.25) is 5.91 Å². The van der Waals surface area contributed by atoms with Gasteiger partial charge in [-0.05, 0) is 18.2 Å². The molecule has 2 aromatic rings. The van der Waals surface area contributed by atoms with Crippen molar-refractivity contribution in [2.24, 2.45) is 5.73 Å². The number of hydrogen-bond acceptors (Lipinski definition) is 2. The van der Waals surface area contributed by atoms with Crippen molar-refractivity contribution in [2.45, 2.75) is 0 Å². The number of halogens is 1. The van der Waals surface area contributed by atoms with Crippen molar-refractivity contribution in [1.82, 2.24) is 4.98 Å². The van der Waals surface area contributed by atoms with E-state index in [9.17, 15) is 9.18 Å². The molecule has 0 bridgehead atoms. The van der Waals surface area contributed by atoms with Gasteiger partial charge in [0.1, 0.15) is 5.82 Å². The van der Waals surface area contributed by atoms with Gasteiger partial charge in [0.15, 0.2) is 0 Å². The summed E-state index contributed by atoms with van der Waals surface area (Å²) in [7, 11) is 0. The van der Waals surface area contributed by atoms with E-state index in [2.05, 4.69) is 4.98 Å². The number of benzene rings is 1. The minimum absolute atomic E-state index is 0.211. The average molecular weight is 190 g/mol. The third-order valence-electron chi connectivity index (χ3n) is 1.96. The van der Waals surface area contributed by atoms with Crippen molar-refractivity contribution in [1.29, 1.82) is 0 Å². The number of fused-ring (bicyclic) bond motifs is 1. The highest BCUT2D eigenvalue weighted by molar-refractivity contribution is 5.96. The number of nitrogens with two attached hydrogens (primary N) is 1. The topological polar surface area (TPSA) is 56.0 Å². The quantitative estimate of drug-likeness (QED) is 0.740. The fourth-order valence-corrected chi connectivity index (χ4v) is 1.25. The van der Waals surface area contributed by atoms with Crippen LogP contribution in [0.4, 0.5) is 4.39 Å². The molecule has 0 saturated heterocycles. The number of nitrogens with zero attached hydrogens (tertiary/aromatic N) is 1. The smallest absolute Gasteiger partial charge is 0.250 e. The van der Waals surface area contributed by atoms with E-state index >= 15 is 0 Å². The maximum atomic E-state index is 13.2. The summed E-state index contributed by atoms with van der Waals surface area (Å²) in [4.78, 5) is 14.7. The molecule has 1 amide bonds. The maximum Gasteiger partial charge on any atom is 0.250 e. The zero-order chi connectivity index (χ0) is 10.1. The molecular weight excluding hydrogens is 183 g/mol. The zero-order valence-electron chi connectivity index (χ0n) is 7.20. The third kappa shape index (κ3) is 1.31. The largest absolute Gasteiger partial charge is 0.366 e. The monoisotopic (exact) mass is 190 g/mol. The van der Waals surface area contributed by atoms with Gasteiger partial charge in [-0.15, -0.1) is 0 Å². The fraction of sp³-hybridized carbons (Fsp3) is 0. The second kappa shape index (κ2) is 3.06. The van der Waals surface area contributed by atoms with E-state index in [4.69, 9.17) is 5.73 Å². The Labute approximate surface area is 79.4 Å². The predicted molar refractivity (Wildman–Crippen MR) is 50.2 cm³/mol. The van der Waals surface area contributed by atoms with Crippen LogP contribution in [-0.4, -0.2) is 10.9 Å². The van der Waals surface area contributed by atoms with Gasteiger partial charge in [-0.2, -0.15) is 0 Å². The normalized spacial score (nSPS) is 10.4. The number of hydrogen-bond donors (Lipinski definition) is 1. The van der Waals surface area contributed by atoms with Crippen molar-refractivity contribution in [2.75, 3.05) is 0 Å². The summed E-state index contributed by atoms with van der Waals surface area (Å²) in [6.07, 6.45) is 1.34. The van der Waals surface area contributed by atoms with Crippen molar-refractivity contribution in [3.8, 4) is 0 Å². The van der Waals surface area contributed by atoms with Crippen LogP contribution in [0.25, 0.3) is 10.9 Å². The van der Waals surface area contributed by atoms with Crippen LogP contribution in [0, 0.1) is 5.82 Å². The Morgan fingerprint density at radius 2 is 2.21 bits per heavy atom. The highest BCUT2D eigenvalue weighted by atomic mass is 19.1. The number of carbonyl (C=O) groups excluding carboxylic acids is 1. The lowest BCUT2D eigenvalue weighted by Gasteiger charge is -1.99. The van der Waals surface area contributed by atoms with E-state index in [0.717, 1.165) is 0 Å². The van der Waals surface area contributed by atoms with Crippen LogP contribution in [0.2, 0.25) is 0 Å². The summed E-state index contributed by atoms with van der Waals surface area (Å²) in [5.41, 5.74) is 5.77. The first-order valence-corrected chi connectivity index (χ1v) is 4.02. The Kier molecular flexibility index (Phi) is 1.89. The second-order valence-corrected chi connectivity index (χ2v) is 2.89. The molecule has 1 heterocycles. The molecule has 0 aliphatic carbocycles. The highest BCUT2D eigenvalue weighted by Crippen LogP contribution is 2.16. The number of carbonyl (C=O) groups is 1. The Balaban J connectivity index is 2.76. The molecule has 2 N–H and O–H groups in total. The standard InChI is InChI=1S/C10H7FN2O/c11-8-2-1-3-9-7(8)4-6(5-13-9)10(12)14/h1-5H,(H2,12,14). The van der Waals surface area contributed by atoms with Gasteiger partial charge in [0.05, 0.1) is 11.1 Å².